The lowest BCUT2D eigenvalue weighted by Crippen LogP contribution is -2.84. The third-order valence-electron chi connectivity index (χ3n) is 2.86. The molecule has 0 aromatic carbocycles. The van der Waals surface area contributed by atoms with Gasteiger partial charge in [0.2, 0.25) is 0 Å². The number of hydrogen-bond acceptors (Lipinski definition) is 1. The SMILES string of the molecule is Cn1cccc1C[NH2+]C[C@H]1CCCO1. The van der Waals surface area contributed by atoms with Crippen LogP contribution in [-0.2, 0) is 18.3 Å². The molecule has 0 saturated carbocycles. The lowest BCUT2D eigenvalue weighted by atomic mass is 10.2. The molecule has 78 valence electrons. The highest BCUT2D eigenvalue weighted by molar-refractivity contribution is 5.04. The van der Waals surface area contributed by atoms with E-state index in [-0.39, 0.29) is 0 Å². The third kappa shape index (κ3) is 2.36. The van der Waals surface area contributed by atoms with Crippen LogP contribution in [0.25, 0.3) is 0 Å². The van der Waals surface area contributed by atoms with Crippen molar-refractivity contribution in [1.82, 2.24) is 4.57 Å². The Labute approximate surface area is 85.1 Å². The first-order chi connectivity index (χ1) is 6.86. The van der Waals surface area contributed by atoms with Crippen molar-refractivity contribution in [2.24, 2.45) is 7.05 Å². The first-order valence-corrected chi connectivity index (χ1v) is 5.40. The van der Waals surface area contributed by atoms with E-state index in [9.17, 15) is 0 Å². The molecule has 14 heavy (non-hydrogen) atoms. The maximum atomic E-state index is 5.56. The van der Waals surface area contributed by atoms with Crippen LogP contribution in [0, 0.1) is 0 Å². The highest BCUT2D eigenvalue weighted by Gasteiger charge is 2.16. The smallest absolute Gasteiger partial charge is 0.117 e. The van der Waals surface area contributed by atoms with Gasteiger partial charge < -0.3 is 14.6 Å². The second-order valence-electron chi connectivity index (χ2n) is 3.97. The maximum Gasteiger partial charge on any atom is 0.117 e. The second-order valence-corrected chi connectivity index (χ2v) is 3.97. The van der Waals surface area contributed by atoms with Crippen molar-refractivity contribution in [3.63, 3.8) is 0 Å². The van der Waals surface area contributed by atoms with Crippen LogP contribution in [0.5, 0.6) is 0 Å². The van der Waals surface area contributed by atoms with Crippen LogP contribution >= 0.6 is 0 Å². The molecular formula is C11H19N2O+. The van der Waals surface area contributed by atoms with Crippen molar-refractivity contribution in [2.45, 2.75) is 25.5 Å². The molecule has 2 heterocycles. The lowest BCUT2D eigenvalue weighted by Gasteiger charge is -2.08. The van der Waals surface area contributed by atoms with Gasteiger partial charge in [0.05, 0.1) is 5.69 Å². The number of aryl methyl sites for hydroxylation is 1. The molecule has 3 heteroatoms. The summed E-state index contributed by atoms with van der Waals surface area (Å²) in [6, 6.07) is 4.27. The molecule has 1 aromatic heterocycles. The zero-order valence-electron chi connectivity index (χ0n) is 8.78. The van der Waals surface area contributed by atoms with Crippen molar-refractivity contribution < 1.29 is 10.1 Å². The number of nitrogens with zero attached hydrogens (tertiary/aromatic N) is 1. The number of nitrogens with two attached hydrogens (primary N) is 1. The predicted octanol–water partition coefficient (Wildman–Crippen LogP) is 0.268. The molecule has 0 aliphatic carbocycles. The van der Waals surface area contributed by atoms with Crippen LogP contribution in [0.2, 0.25) is 0 Å². The van der Waals surface area contributed by atoms with Crippen molar-refractivity contribution in [1.29, 1.82) is 0 Å². The average molecular weight is 195 g/mol. The summed E-state index contributed by atoms with van der Waals surface area (Å²) in [5.74, 6) is 0. The topological polar surface area (TPSA) is 30.8 Å². The third-order valence-corrected chi connectivity index (χ3v) is 2.86. The van der Waals surface area contributed by atoms with Crippen LogP contribution in [0.15, 0.2) is 18.3 Å². The van der Waals surface area contributed by atoms with E-state index in [1.165, 1.54) is 18.5 Å². The minimum absolute atomic E-state index is 0.496. The van der Waals surface area contributed by atoms with Gasteiger partial charge in [0.1, 0.15) is 19.2 Å². The van der Waals surface area contributed by atoms with Crippen molar-refractivity contribution in [3.8, 4) is 0 Å². The van der Waals surface area contributed by atoms with Gasteiger partial charge in [-0.3, -0.25) is 0 Å². The molecule has 0 unspecified atom stereocenters. The Bertz CT molecular complexity index is 277. The number of hydrogen-bond donors (Lipinski definition) is 1. The molecule has 2 rings (SSSR count). The summed E-state index contributed by atoms with van der Waals surface area (Å²) in [6.45, 7) is 3.12. The Hall–Kier alpha value is -0.800. The Balaban J connectivity index is 1.70. The molecule has 1 saturated heterocycles. The zero-order valence-corrected chi connectivity index (χ0v) is 8.78. The zero-order chi connectivity index (χ0) is 9.80. The Morgan fingerprint density at radius 2 is 2.57 bits per heavy atom. The van der Waals surface area contributed by atoms with Crippen molar-refractivity contribution >= 4 is 0 Å². The van der Waals surface area contributed by atoms with Gasteiger partial charge in [-0.25, -0.2) is 0 Å². The molecule has 1 aromatic rings. The number of quaternary nitrogens is 1. The molecule has 0 radical (unpaired) electrons. The van der Waals surface area contributed by atoms with E-state index in [0.717, 1.165) is 19.7 Å². The van der Waals surface area contributed by atoms with Gasteiger partial charge in [-0.1, -0.05) is 0 Å². The monoisotopic (exact) mass is 195 g/mol. The van der Waals surface area contributed by atoms with Gasteiger partial charge in [0.15, 0.2) is 0 Å². The minimum atomic E-state index is 0.496. The largest absolute Gasteiger partial charge is 0.372 e. The molecule has 0 spiro atoms. The predicted molar refractivity (Wildman–Crippen MR) is 54.9 cm³/mol. The molecular weight excluding hydrogens is 176 g/mol. The molecule has 0 bridgehead atoms. The summed E-state index contributed by atoms with van der Waals surface area (Å²) in [6.07, 6.45) is 5.07. The normalized spacial score (nSPS) is 21.6. The van der Waals surface area contributed by atoms with Gasteiger partial charge in [0.25, 0.3) is 0 Å². The molecule has 0 amide bonds. The number of rotatable bonds is 4. The molecule has 2 N–H and O–H groups in total. The summed E-state index contributed by atoms with van der Waals surface area (Å²) < 4.78 is 7.74. The Kier molecular flexibility index (Phi) is 3.22. The highest BCUT2D eigenvalue weighted by Crippen LogP contribution is 2.09. The van der Waals surface area contributed by atoms with E-state index in [4.69, 9.17) is 4.74 Å². The van der Waals surface area contributed by atoms with E-state index in [1.54, 1.807) is 0 Å². The fourth-order valence-corrected chi connectivity index (χ4v) is 1.96. The number of aromatic nitrogens is 1. The first-order valence-electron chi connectivity index (χ1n) is 5.40. The lowest BCUT2D eigenvalue weighted by molar-refractivity contribution is -0.677. The van der Waals surface area contributed by atoms with Crippen molar-refractivity contribution in [2.75, 3.05) is 13.2 Å². The van der Waals surface area contributed by atoms with Gasteiger partial charge >= 0.3 is 0 Å². The van der Waals surface area contributed by atoms with Crippen LogP contribution in [-0.4, -0.2) is 23.8 Å². The Morgan fingerprint density at radius 3 is 3.21 bits per heavy atom. The summed E-state index contributed by atoms with van der Waals surface area (Å²) >= 11 is 0. The highest BCUT2D eigenvalue weighted by atomic mass is 16.5. The van der Waals surface area contributed by atoms with E-state index in [1.807, 2.05) is 0 Å². The summed E-state index contributed by atoms with van der Waals surface area (Å²) in [4.78, 5) is 0. The molecule has 1 aliphatic rings. The fourth-order valence-electron chi connectivity index (χ4n) is 1.96. The molecule has 1 fully saturated rings. The average Bonchev–Trinajstić information content (AvgIpc) is 2.78. The molecule has 1 atom stereocenters. The van der Waals surface area contributed by atoms with E-state index in [0.29, 0.717) is 6.10 Å². The van der Waals surface area contributed by atoms with Crippen LogP contribution in [0.1, 0.15) is 18.5 Å². The summed E-state index contributed by atoms with van der Waals surface area (Å²) in [5, 5.41) is 2.34. The van der Waals surface area contributed by atoms with E-state index in [2.05, 4.69) is 35.3 Å². The maximum absolute atomic E-state index is 5.56. The van der Waals surface area contributed by atoms with Gasteiger partial charge in [-0.15, -0.1) is 0 Å². The van der Waals surface area contributed by atoms with Crippen molar-refractivity contribution in [3.05, 3.63) is 24.0 Å². The quantitative estimate of drug-likeness (QED) is 0.734. The summed E-state index contributed by atoms with van der Waals surface area (Å²) in [7, 11) is 2.09. The van der Waals surface area contributed by atoms with Crippen LogP contribution in [0.4, 0.5) is 0 Å². The summed E-state index contributed by atoms with van der Waals surface area (Å²) in [5.41, 5.74) is 1.38. The standard InChI is InChI=1S/C11H18N2O/c1-13-6-2-4-10(13)8-12-9-11-5-3-7-14-11/h2,4,6,11-12H,3,5,7-9H2,1H3/p+1/t11-/m1/s1. The Morgan fingerprint density at radius 1 is 1.64 bits per heavy atom. The second kappa shape index (κ2) is 4.62. The van der Waals surface area contributed by atoms with E-state index < -0.39 is 0 Å². The van der Waals surface area contributed by atoms with Crippen LogP contribution < -0.4 is 5.32 Å². The first kappa shape index (κ1) is 9.74. The van der Waals surface area contributed by atoms with Gasteiger partial charge in [-0.05, 0) is 25.0 Å². The fraction of sp³-hybridized carbons (Fsp3) is 0.636. The molecule has 1 aliphatic heterocycles. The minimum Gasteiger partial charge on any atom is -0.372 e. The number of ether oxygens (including phenoxy) is 1. The van der Waals surface area contributed by atoms with E-state index >= 15 is 0 Å². The van der Waals surface area contributed by atoms with Gasteiger partial charge in [-0.2, -0.15) is 0 Å². The van der Waals surface area contributed by atoms with Crippen LogP contribution in [0.3, 0.4) is 0 Å². The molecule has 3 nitrogen and oxygen atoms in total. The van der Waals surface area contributed by atoms with Gasteiger partial charge in [0, 0.05) is 19.9 Å².